The van der Waals surface area contributed by atoms with E-state index in [4.69, 9.17) is 16.0 Å². The Balaban J connectivity index is 1.55. The number of hydrogen-bond donors (Lipinski definition) is 1. The van der Waals surface area contributed by atoms with Gasteiger partial charge in [-0.3, -0.25) is 9.48 Å². The van der Waals surface area contributed by atoms with E-state index < -0.39 is 0 Å². The average molecular weight is 385 g/mol. The Labute approximate surface area is 162 Å². The van der Waals surface area contributed by atoms with E-state index >= 15 is 0 Å². The summed E-state index contributed by atoms with van der Waals surface area (Å²) in [7, 11) is 0. The van der Waals surface area contributed by atoms with E-state index in [1.807, 2.05) is 35.1 Å². The first-order valence-electron chi connectivity index (χ1n) is 9.05. The van der Waals surface area contributed by atoms with Crippen LogP contribution in [0.3, 0.4) is 0 Å². The molecule has 1 aliphatic carbocycles. The third-order valence-electron chi connectivity index (χ3n) is 4.90. The molecule has 1 atom stereocenters. The molecule has 1 N–H and O–H groups in total. The Kier molecular flexibility index (Phi) is 4.74. The Bertz CT molecular complexity index is 992. The van der Waals surface area contributed by atoms with E-state index in [0.717, 1.165) is 41.1 Å². The molecule has 0 aliphatic heterocycles. The summed E-state index contributed by atoms with van der Waals surface area (Å²) in [6.45, 7) is 4.18. The van der Waals surface area contributed by atoms with E-state index in [9.17, 15) is 4.79 Å². The largest absolute Gasteiger partial charge is 0.436 e. The van der Waals surface area contributed by atoms with E-state index in [-0.39, 0.29) is 17.7 Å². The highest BCUT2D eigenvalue weighted by Crippen LogP contribution is 2.30. The molecule has 0 bridgehead atoms. The minimum Gasteiger partial charge on any atom is -0.436 e. The first-order valence-corrected chi connectivity index (χ1v) is 9.43. The lowest BCUT2D eigenvalue weighted by Crippen LogP contribution is -2.31. The van der Waals surface area contributed by atoms with Gasteiger partial charge in [-0.25, -0.2) is 4.98 Å². The van der Waals surface area contributed by atoms with Gasteiger partial charge in [0.25, 0.3) is 5.91 Å². The standard InChI is InChI=1S/C20H21ClN4O2/c1-12-19(27-13(2)23-12)20(26)24-17-7-4-8-18-16(17)10-22-25(18)11-14-5-3-6-15(21)9-14/h3,5-6,9-10,17H,4,7-8,11H2,1-2H3,(H,24,26)/t17-/m1/s1. The zero-order valence-electron chi connectivity index (χ0n) is 15.3. The third-order valence-corrected chi connectivity index (χ3v) is 5.13. The number of aryl methyl sites for hydroxylation is 2. The van der Waals surface area contributed by atoms with Gasteiger partial charge in [0, 0.05) is 23.2 Å². The Morgan fingerprint density at radius 2 is 2.26 bits per heavy atom. The Hall–Kier alpha value is -2.60. The van der Waals surface area contributed by atoms with Gasteiger partial charge in [-0.05, 0) is 43.9 Å². The molecule has 3 aromatic rings. The van der Waals surface area contributed by atoms with Crippen LogP contribution in [-0.2, 0) is 13.0 Å². The van der Waals surface area contributed by atoms with Gasteiger partial charge in [0.1, 0.15) is 0 Å². The molecule has 27 heavy (non-hydrogen) atoms. The molecule has 0 spiro atoms. The van der Waals surface area contributed by atoms with E-state index in [2.05, 4.69) is 15.4 Å². The maximum atomic E-state index is 12.6. The van der Waals surface area contributed by atoms with Crippen LogP contribution < -0.4 is 5.32 Å². The zero-order valence-corrected chi connectivity index (χ0v) is 16.1. The highest BCUT2D eigenvalue weighted by Gasteiger charge is 2.27. The van der Waals surface area contributed by atoms with Crippen LogP contribution in [0.25, 0.3) is 0 Å². The van der Waals surface area contributed by atoms with Crippen molar-refractivity contribution in [3.63, 3.8) is 0 Å². The zero-order chi connectivity index (χ0) is 19.0. The minimum absolute atomic E-state index is 0.0702. The fourth-order valence-electron chi connectivity index (χ4n) is 3.68. The Morgan fingerprint density at radius 3 is 3.00 bits per heavy atom. The quantitative estimate of drug-likeness (QED) is 0.737. The second kappa shape index (κ2) is 7.19. The summed E-state index contributed by atoms with van der Waals surface area (Å²) in [4.78, 5) is 16.8. The van der Waals surface area contributed by atoms with Gasteiger partial charge in [0.05, 0.1) is 24.5 Å². The van der Waals surface area contributed by atoms with Gasteiger partial charge in [-0.15, -0.1) is 0 Å². The number of amides is 1. The molecule has 2 heterocycles. The first-order chi connectivity index (χ1) is 13.0. The van der Waals surface area contributed by atoms with Crippen LogP contribution in [0.5, 0.6) is 0 Å². The van der Waals surface area contributed by atoms with Crippen molar-refractivity contribution in [3.8, 4) is 0 Å². The van der Waals surface area contributed by atoms with Gasteiger partial charge in [-0.2, -0.15) is 5.10 Å². The van der Waals surface area contributed by atoms with Crippen LogP contribution in [0, 0.1) is 13.8 Å². The van der Waals surface area contributed by atoms with Gasteiger partial charge >= 0.3 is 0 Å². The molecular weight excluding hydrogens is 364 g/mol. The number of carbonyl (C=O) groups excluding carboxylic acids is 1. The van der Waals surface area contributed by atoms with Crippen LogP contribution >= 0.6 is 11.6 Å². The van der Waals surface area contributed by atoms with Crippen LogP contribution in [0.2, 0.25) is 5.02 Å². The molecule has 1 amide bonds. The molecule has 0 saturated heterocycles. The SMILES string of the molecule is Cc1nc(C)c(C(=O)N[C@@H]2CCCc3c2cnn3Cc2cccc(Cl)c2)o1. The lowest BCUT2D eigenvalue weighted by Gasteiger charge is -2.24. The predicted molar refractivity (Wildman–Crippen MR) is 102 cm³/mol. The molecule has 2 aromatic heterocycles. The van der Waals surface area contributed by atoms with Crippen molar-refractivity contribution in [2.24, 2.45) is 0 Å². The number of carbonyl (C=O) groups is 1. The number of aromatic nitrogens is 3. The van der Waals surface area contributed by atoms with Gasteiger partial charge in [0.2, 0.25) is 5.76 Å². The highest BCUT2D eigenvalue weighted by molar-refractivity contribution is 6.30. The summed E-state index contributed by atoms with van der Waals surface area (Å²) in [6, 6.07) is 7.73. The fourth-order valence-corrected chi connectivity index (χ4v) is 3.89. The summed E-state index contributed by atoms with van der Waals surface area (Å²) in [5, 5.41) is 8.36. The summed E-state index contributed by atoms with van der Waals surface area (Å²) in [6.07, 6.45) is 4.69. The monoisotopic (exact) mass is 384 g/mol. The average Bonchev–Trinajstić information content (AvgIpc) is 3.18. The number of fused-ring (bicyclic) bond motifs is 1. The van der Waals surface area contributed by atoms with Crippen molar-refractivity contribution < 1.29 is 9.21 Å². The lowest BCUT2D eigenvalue weighted by molar-refractivity contribution is 0.0902. The van der Waals surface area contributed by atoms with Crippen molar-refractivity contribution in [2.45, 2.75) is 45.7 Å². The summed E-state index contributed by atoms with van der Waals surface area (Å²) in [5.74, 6) is 0.552. The number of oxazole rings is 1. The topological polar surface area (TPSA) is 73.0 Å². The predicted octanol–water partition coefficient (Wildman–Crippen LogP) is 4.00. The molecule has 1 aromatic carbocycles. The van der Waals surface area contributed by atoms with Gasteiger partial charge in [-0.1, -0.05) is 23.7 Å². The van der Waals surface area contributed by atoms with Crippen LogP contribution in [0.15, 0.2) is 34.9 Å². The number of nitrogens with one attached hydrogen (secondary N) is 1. The number of nitrogens with zero attached hydrogens (tertiary/aromatic N) is 3. The van der Waals surface area contributed by atoms with Crippen molar-refractivity contribution in [2.75, 3.05) is 0 Å². The summed E-state index contributed by atoms with van der Waals surface area (Å²) < 4.78 is 7.45. The van der Waals surface area contributed by atoms with Gasteiger partial charge in [0.15, 0.2) is 5.89 Å². The molecule has 0 radical (unpaired) electrons. The van der Waals surface area contributed by atoms with Crippen molar-refractivity contribution >= 4 is 17.5 Å². The summed E-state index contributed by atoms with van der Waals surface area (Å²) in [5.41, 5.74) is 3.95. The van der Waals surface area contributed by atoms with E-state index in [0.29, 0.717) is 18.1 Å². The van der Waals surface area contributed by atoms with Gasteiger partial charge < -0.3 is 9.73 Å². The van der Waals surface area contributed by atoms with Crippen LogP contribution in [0.1, 0.15) is 57.8 Å². The normalized spacial score (nSPS) is 16.2. The molecule has 1 aliphatic rings. The maximum Gasteiger partial charge on any atom is 0.289 e. The maximum absolute atomic E-state index is 12.6. The molecule has 0 saturated carbocycles. The molecular formula is C20H21ClN4O2. The Morgan fingerprint density at radius 1 is 1.41 bits per heavy atom. The number of hydrogen-bond acceptors (Lipinski definition) is 4. The number of halogens is 1. The molecule has 140 valence electrons. The highest BCUT2D eigenvalue weighted by atomic mass is 35.5. The van der Waals surface area contributed by atoms with Crippen molar-refractivity contribution in [1.82, 2.24) is 20.1 Å². The minimum atomic E-state index is -0.228. The van der Waals surface area contributed by atoms with Crippen molar-refractivity contribution in [1.29, 1.82) is 0 Å². The lowest BCUT2D eigenvalue weighted by atomic mass is 9.92. The van der Waals surface area contributed by atoms with E-state index in [1.54, 1.807) is 13.8 Å². The molecule has 7 heteroatoms. The molecule has 0 unspecified atom stereocenters. The molecule has 0 fully saturated rings. The smallest absolute Gasteiger partial charge is 0.289 e. The van der Waals surface area contributed by atoms with Crippen molar-refractivity contribution in [3.05, 3.63) is 69.7 Å². The summed E-state index contributed by atoms with van der Waals surface area (Å²) >= 11 is 6.09. The number of benzene rings is 1. The number of rotatable bonds is 4. The second-order valence-electron chi connectivity index (χ2n) is 6.90. The van der Waals surface area contributed by atoms with Crippen LogP contribution in [0.4, 0.5) is 0 Å². The van der Waals surface area contributed by atoms with E-state index in [1.165, 1.54) is 0 Å². The second-order valence-corrected chi connectivity index (χ2v) is 7.34. The first kappa shape index (κ1) is 17.8. The molecule has 6 nitrogen and oxygen atoms in total. The molecule has 4 rings (SSSR count). The van der Waals surface area contributed by atoms with Crippen LogP contribution in [-0.4, -0.2) is 20.7 Å². The fraction of sp³-hybridized carbons (Fsp3) is 0.350. The third kappa shape index (κ3) is 3.62.